The molecule has 0 radical (unpaired) electrons. The van der Waals surface area contributed by atoms with Crippen LogP contribution in [0.5, 0.6) is 0 Å². The van der Waals surface area contributed by atoms with Gasteiger partial charge in [-0.3, -0.25) is 4.18 Å². The molecule has 1 atom stereocenters. The van der Waals surface area contributed by atoms with Crippen LogP contribution in [0, 0.1) is 0 Å². The largest absolute Gasteiger partial charge is 0.465 e. The van der Waals surface area contributed by atoms with Crippen molar-refractivity contribution in [1.82, 2.24) is 14.6 Å². The first-order valence-electron chi connectivity index (χ1n) is 8.71. The van der Waals surface area contributed by atoms with E-state index in [2.05, 4.69) is 4.98 Å². The van der Waals surface area contributed by atoms with Crippen LogP contribution in [0.1, 0.15) is 10.4 Å². The van der Waals surface area contributed by atoms with Crippen molar-refractivity contribution in [2.24, 2.45) is 0 Å². The van der Waals surface area contributed by atoms with Crippen LogP contribution in [0.25, 0.3) is 28.2 Å². The first kappa shape index (κ1) is 19.0. The molecule has 4 aromatic rings. The SMILES string of the molecule is COC(=O)c1ccc(-c2ccc3ncc(-c4ccc(S(=O)OC)cc4)n3n2)cc1. The molecular weight excluding hydrogens is 390 g/mol. The quantitative estimate of drug-likeness (QED) is 0.471. The van der Waals surface area contributed by atoms with Gasteiger partial charge in [0.05, 0.1) is 42.3 Å². The first-order chi connectivity index (χ1) is 14.1. The van der Waals surface area contributed by atoms with Gasteiger partial charge in [0, 0.05) is 11.1 Å². The first-order valence-corrected chi connectivity index (χ1v) is 9.78. The van der Waals surface area contributed by atoms with Gasteiger partial charge >= 0.3 is 5.97 Å². The Morgan fingerprint density at radius 2 is 1.62 bits per heavy atom. The molecule has 0 bridgehead atoms. The van der Waals surface area contributed by atoms with Crippen LogP contribution in [-0.4, -0.2) is 39.0 Å². The summed E-state index contributed by atoms with van der Waals surface area (Å²) in [5.74, 6) is -0.380. The van der Waals surface area contributed by atoms with E-state index in [1.807, 2.05) is 36.4 Å². The highest BCUT2D eigenvalue weighted by Crippen LogP contribution is 2.24. The average molecular weight is 407 g/mol. The molecule has 0 aliphatic carbocycles. The van der Waals surface area contributed by atoms with Crippen LogP contribution in [0.3, 0.4) is 0 Å². The average Bonchev–Trinajstić information content (AvgIpc) is 3.21. The maximum atomic E-state index is 11.7. The van der Waals surface area contributed by atoms with Crippen LogP contribution in [0.2, 0.25) is 0 Å². The predicted octanol–water partition coefficient (Wildman–Crippen LogP) is 3.52. The molecule has 0 fully saturated rings. The Balaban J connectivity index is 1.71. The van der Waals surface area contributed by atoms with Crippen LogP contribution < -0.4 is 0 Å². The third-order valence-electron chi connectivity index (χ3n) is 4.46. The van der Waals surface area contributed by atoms with Crippen molar-refractivity contribution in [3.8, 4) is 22.5 Å². The van der Waals surface area contributed by atoms with Crippen molar-refractivity contribution in [2.75, 3.05) is 14.2 Å². The summed E-state index contributed by atoms with van der Waals surface area (Å²) in [5, 5.41) is 4.70. The van der Waals surface area contributed by atoms with E-state index in [-0.39, 0.29) is 5.97 Å². The second-order valence-electron chi connectivity index (χ2n) is 6.13. The Bertz CT molecular complexity index is 1200. The lowest BCUT2D eigenvalue weighted by Gasteiger charge is -2.06. The number of ether oxygens (including phenoxy) is 1. The Morgan fingerprint density at radius 3 is 2.28 bits per heavy atom. The molecule has 2 aromatic carbocycles. The Labute approximate surface area is 169 Å². The minimum atomic E-state index is -1.48. The van der Waals surface area contributed by atoms with E-state index < -0.39 is 11.1 Å². The number of hydrogen-bond acceptors (Lipinski definition) is 6. The molecule has 0 spiro atoms. The molecule has 0 saturated heterocycles. The van der Waals surface area contributed by atoms with E-state index in [0.717, 1.165) is 22.5 Å². The predicted molar refractivity (Wildman–Crippen MR) is 109 cm³/mol. The highest BCUT2D eigenvalue weighted by Gasteiger charge is 2.11. The topological polar surface area (TPSA) is 82.8 Å². The molecule has 0 N–H and O–H groups in total. The van der Waals surface area contributed by atoms with Gasteiger partial charge in [0.25, 0.3) is 0 Å². The van der Waals surface area contributed by atoms with Gasteiger partial charge in [-0.1, -0.05) is 24.3 Å². The fraction of sp³-hybridized carbons (Fsp3) is 0.0952. The van der Waals surface area contributed by atoms with Crippen LogP contribution in [-0.2, 0) is 20.0 Å². The van der Waals surface area contributed by atoms with Gasteiger partial charge in [0.2, 0.25) is 0 Å². The maximum absolute atomic E-state index is 11.7. The Kier molecular flexibility index (Phi) is 5.20. The number of aromatic nitrogens is 3. The summed E-state index contributed by atoms with van der Waals surface area (Å²) < 4.78 is 23.1. The summed E-state index contributed by atoms with van der Waals surface area (Å²) in [6.45, 7) is 0. The van der Waals surface area contributed by atoms with E-state index in [9.17, 15) is 9.00 Å². The number of benzene rings is 2. The highest BCUT2D eigenvalue weighted by molar-refractivity contribution is 7.80. The molecule has 146 valence electrons. The normalized spacial score (nSPS) is 12.1. The number of hydrogen-bond donors (Lipinski definition) is 0. The van der Waals surface area contributed by atoms with Crippen LogP contribution in [0.15, 0.2) is 71.8 Å². The van der Waals surface area contributed by atoms with Crippen molar-refractivity contribution in [1.29, 1.82) is 0 Å². The van der Waals surface area contributed by atoms with E-state index in [0.29, 0.717) is 16.1 Å². The van der Waals surface area contributed by atoms with E-state index >= 15 is 0 Å². The number of rotatable bonds is 5. The van der Waals surface area contributed by atoms with Crippen molar-refractivity contribution in [2.45, 2.75) is 4.90 Å². The fourth-order valence-corrected chi connectivity index (χ4v) is 3.50. The second-order valence-corrected chi connectivity index (χ2v) is 7.40. The molecule has 2 aromatic heterocycles. The minimum absolute atomic E-state index is 0.380. The Morgan fingerprint density at radius 1 is 0.931 bits per heavy atom. The summed E-state index contributed by atoms with van der Waals surface area (Å²) in [4.78, 5) is 16.6. The summed E-state index contributed by atoms with van der Waals surface area (Å²) >= 11 is -1.48. The van der Waals surface area contributed by atoms with Crippen molar-refractivity contribution >= 4 is 22.7 Å². The van der Waals surface area contributed by atoms with Gasteiger partial charge in [-0.25, -0.2) is 18.5 Å². The third-order valence-corrected chi connectivity index (χ3v) is 5.42. The molecule has 4 rings (SSSR count). The van der Waals surface area contributed by atoms with E-state index in [1.165, 1.54) is 14.2 Å². The standard InChI is InChI=1S/C21H17N3O4S/c1-27-21(25)16-5-3-14(4-6-16)18-11-12-20-22-13-19(24(20)23-18)15-7-9-17(10-8-15)29(26)28-2/h3-13H,1-2H3. The molecular formula is C21H17N3O4S. The van der Waals surface area contributed by atoms with E-state index in [4.69, 9.17) is 14.0 Å². The molecule has 2 heterocycles. The second kappa shape index (κ2) is 7.94. The lowest BCUT2D eigenvalue weighted by atomic mass is 10.1. The van der Waals surface area contributed by atoms with E-state index in [1.54, 1.807) is 35.0 Å². The number of carbonyl (C=O) groups excluding carboxylic acids is 1. The molecule has 1 unspecified atom stereocenters. The number of carbonyl (C=O) groups is 1. The lowest BCUT2D eigenvalue weighted by molar-refractivity contribution is 0.0600. The lowest BCUT2D eigenvalue weighted by Crippen LogP contribution is -2.01. The molecule has 8 heteroatoms. The zero-order valence-electron chi connectivity index (χ0n) is 15.7. The molecule has 29 heavy (non-hydrogen) atoms. The van der Waals surface area contributed by atoms with Crippen molar-refractivity contribution in [3.63, 3.8) is 0 Å². The van der Waals surface area contributed by atoms with Crippen LogP contribution >= 0.6 is 0 Å². The molecule has 7 nitrogen and oxygen atoms in total. The number of imidazole rings is 1. The van der Waals surface area contributed by atoms with Gasteiger partial charge < -0.3 is 4.74 Å². The summed E-state index contributed by atoms with van der Waals surface area (Å²) in [6.07, 6.45) is 1.74. The number of methoxy groups -OCH3 is 1. The molecule has 0 saturated carbocycles. The fourth-order valence-electron chi connectivity index (χ4n) is 2.95. The van der Waals surface area contributed by atoms with Gasteiger partial charge in [0.15, 0.2) is 16.7 Å². The highest BCUT2D eigenvalue weighted by atomic mass is 32.2. The Hall–Kier alpha value is -3.36. The van der Waals surface area contributed by atoms with Crippen molar-refractivity contribution in [3.05, 3.63) is 72.4 Å². The monoisotopic (exact) mass is 407 g/mol. The van der Waals surface area contributed by atoms with Gasteiger partial charge in [0.1, 0.15) is 0 Å². The van der Waals surface area contributed by atoms with Crippen LogP contribution in [0.4, 0.5) is 0 Å². The molecule has 0 aliphatic heterocycles. The number of fused-ring (bicyclic) bond motifs is 1. The van der Waals surface area contributed by atoms with Gasteiger partial charge in [-0.05, 0) is 36.4 Å². The van der Waals surface area contributed by atoms with Gasteiger partial charge in [-0.2, -0.15) is 5.10 Å². The number of nitrogens with zero attached hydrogens (tertiary/aromatic N) is 3. The minimum Gasteiger partial charge on any atom is -0.465 e. The zero-order chi connectivity index (χ0) is 20.4. The van der Waals surface area contributed by atoms with Gasteiger partial charge in [-0.15, -0.1) is 0 Å². The summed E-state index contributed by atoms with van der Waals surface area (Å²) in [6, 6.07) is 18.0. The summed E-state index contributed by atoms with van der Waals surface area (Å²) in [7, 11) is 2.75. The molecule has 0 amide bonds. The molecule has 0 aliphatic rings. The maximum Gasteiger partial charge on any atom is 0.337 e. The zero-order valence-corrected chi connectivity index (χ0v) is 16.6. The van der Waals surface area contributed by atoms with Crippen molar-refractivity contribution < 1.29 is 17.9 Å². The smallest absolute Gasteiger partial charge is 0.337 e. The third kappa shape index (κ3) is 3.67. The summed E-state index contributed by atoms with van der Waals surface area (Å²) in [5.41, 5.74) is 4.49. The number of esters is 1.